The average Bonchev–Trinajstić information content (AvgIpc) is 3.13. The molecule has 0 saturated carbocycles. The number of urea groups is 1. The van der Waals surface area contributed by atoms with Crippen LogP contribution in [-0.4, -0.2) is 35.9 Å². The molecule has 0 atom stereocenters. The van der Waals surface area contributed by atoms with Gasteiger partial charge in [0.05, 0.1) is 12.3 Å². The van der Waals surface area contributed by atoms with Crippen molar-refractivity contribution >= 4 is 45.5 Å². The third kappa shape index (κ3) is 6.35. The third-order valence-electron chi connectivity index (χ3n) is 5.36. The summed E-state index contributed by atoms with van der Waals surface area (Å²) in [6.45, 7) is 1.62. The quantitative estimate of drug-likeness (QED) is 0.264. The monoisotopic (exact) mass is 585 g/mol. The van der Waals surface area contributed by atoms with E-state index in [0.29, 0.717) is 33.7 Å². The van der Waals surface area contributed by atoms with Crippen molar-refractivity contribution < 1.29 is 32.6 Å². The van der Waals surface area contributed by atoms with Crippen LogP contribution in [0, 0.1) is 11.6 Å². The second kappa shape index (κ2) is 11.9. The summed E-state index contributed by atoms with van der Waals surface area (Å²) < 4.78 is 39.3. The largest absolute Gasteiger partial charge is 0.490 e. The molecule has 8 nitrogen and oxygen atoms in total. The zero-order valence-electron chi connectivity index (χ0n) is 20.1. The van der Waals surface area contributed by atoms with Gasteiger partial charge in [-0.25, -0.2) is 18.5 Å². The fourth-order valence-electron chi connectivity index (χ4n) is 3.60. The van der Waals surface area contributed by atoms with Gasteiger partial charge in [-0.1, -0.05) is 40.2 Å². The number of halogens is 3. The van der Waals surface area contributed by atoms with Crippen LogP contribution in [0.15, 0.2) is 70.8 Å². The molecule has 1 heterocycles. The van der Waals surface area contributed by atoms with Crippen LogP contribution in [0.5, 0.6) is 11.5 Å². The molecule has 1 aliphatic rings. The number of hydrogen-bond donors (Lipinski definition) is 2. The van der Waals surface area contributed by atoms with Crippen LogP contribution < -0.4 is 20.1 Å². The van der Waals surface area contributed by atoms with E-state index < -0.39 is 30.2 Å². The van der Waals surface area contributed by atoms with Gasteiger partial charge in [0.1, 0.15) is 30.5 Å². The first-order valence-electron chi connectivity index (χ1n) is 11.5. The minimum absolute atomic E-state index is 0.0626. The van der Waals surface area contributed by atoms with E-state index in [9.17, 15) is 23.2 Å². The highest BCUT2D eigenvalue weighted by Gasteiger charge is 2.35. The topological polar surface area (TPSA) is 97.0 Å². The highest BCUT2D eigenvalue weighted by molar-refractivity contribution is 9.10. The number of anilines is 1. The Morgan fingerprint density at radius 2 is 1.82 bits per heavy atom. The molecule has 0 spiro atoms. The Morgan fingerprint density at radius 1 is 1.05 bits per heavy atom. The minimum Gasteiger partial charge on any atom is -0.490 e. The van der Waals surface area contributed by atoms with Crippen LogP contribution in [0.3, 0.4) is 0 Å². The highest BCUT2D eigenvalue weighted by atomic mass is 79.9. The summed E-state index contributed by atoms with van der Waals surface area (Å²) in [7, 11) is 0. The first kappa shape index (κ1) is 26.8. The molecule has 0 unspecified atom stereocenters. The van der Waals surface area contributed by atoms with E-state index in [2.05, 4.69) is 26.6 Å². The molecule has 2 N–H and O–H groups in total. The van der Waals surface area contributed by atoms with Crippen molar-refractivity contribution in [3.8, 4) is 11.5 Å². The maximum atomic E-state index is 13.8. The van der Waals surface area contributed by atoms with Gasteiger partial charge in [0.2, 0.25) is 5.91 Å². The average molecular weight is 586 g/mol. The Balaban J connectivity index is 1.50. The second-order valence-electron chi connectivity index (χ2n) is 8.08. The van der Waals surface area contributed by atoms with Gasteiger partial charge in [-0.3, -0.25) is 9.59 Å². The normalized spacial score (nSPS) is 14.0. The van der Waals surface area contributed by atoms with Crippen LogP contribution in [0.1, 0.15) is 18.1 Å². The van der Waals surface area contributed by atoms with Crippen LogP contribution in [0.4, 0.5) is 19.3 Å². The fraction of sp³-hybridized carbons (Fsp3) is 0.148. The minimum atomic E-state index is -0.791. The lowest BCUT2D eigenvalue weighted by Gasteiger charge is -2.14. The molecule has 4 rings (SSSR count). The van der Waals surface area contributed by atoms with E-state index in [1.165, 1.54) is 36.4 Å². The number of carbonyl (C=O) groups is 3. The highest BCUT2D eigenvalue weighted by Crippen LogP contribution is 2.35. The summed E-state index contributed by atoms with van der Waals surface area (Å²) in [6, 6.07) is 14.0. The van der Waals surface area contributed by atoms with Gasteiger partial charge in [0, 0.05) is 4.47 Å². The van der Waals surface area contributed by atoms with Gasteiger partial charge in [-0.2, -0.15) is 0 Å². The molecule has 11 heteroatoms. The number of carbonyl (C=O) groups excluding carboxylic acids is 3. The summed E-state index contributed by atoms with van der Waals surface area (Å²) in [6.07, 6.45) is 1.43. The predicted octanol–water partition coefficient (Wildman–Crippen LogP) is 5.24. The summed E-state index contributed by atoms with van der Waals surface area (Å²) in [4.78, 5) is 38.3. The zero-order chi connectivity index (χ0) is 27.2. The van der Waals surface area contributed by atoms with Crippen molar-refractivity contribution in [2.24, 2.45) is 0 Å². The summed E-state index contributed by atoms with van der Waals surface area (Å²) >= 11 is 3.43. The lowest BCUT2D eigenvalue weighted by atomic mass is 10.1. The number of rotatable bonds is 9. The molecule has 0 bridgehead atoms. The van der Waals surface area contributed by atoms with E-state index >= 15 is 0 Å². The Kier molecular flexibility index (Phi) is 8.37. The van der Waals surface area contributed by atoms with E-state index in [4.69, 9.17) is 9.47 Å². The first-order chi connectivity index (χ1) is 18.2. The molecule has 1 fully saturated rings. The molecular weight excluding hydrogens is 564 g/mol. The Bertz CT molecular complexity index is 1430. The zero-order valence-corrected chi connectivity index (χ0v) is 21.7. The Labute approximate surface area is 225 Å². The van der Waals surface area contributed by atoms with Gasteiger partial charge < -0.3 is 20.1 Å². The van der Waals surface area contributed by atoms with Crippen molar-refractivity contribution in [1.29, 1.82) is 0 Å². The molecule has 1 aliphatic heterocycles. The number of nitrogens with zero attached hydrogens (tertiary/aromatic N) is 1. The number of amides is 4. The number of nitrogens with one attached hydrogen (secondary N) is 2. The number of ether oxygens (including phenoxy) is 2. The summed E-state index contributed by atoms with van der Waals surface area (Å²) in [5.74, 6) is -1.72. The molecule has 196 valence electrons. The van der Waals surface area contributed by atoms with Crippen molar-refractivity contribution in [2.75, 3.05) is 18.5 Å². The molecule has 4 amide bonds. The van der Waals surface area contributed by atoms with E-state index in [1.807, 2.05) is 0 Å². The smallest absolute Gasteiger partial charge is 0.329 e. The lowest BCUT2D eigenvalue weighted by Crippen LogP contribution is -2.38. The Hall–Kier alpha value is -4.25. The van der Waals surface area contributed by atoms with Crippen LogP contribution in [-0.2, 0) is 16.2 Å². The van der Waals surface area contributed by atoms with Crippen molar-refractivity contribution in [3.05, 3.63) is 93.6 Å². The third-order valence-corrected chi connectivity index (χ3v) is 6.04. The SMILES string of the molecule is CCOc1cc(/C=C2/NC(=O)N(CC(=O)Nc3ccccc3F)C2=O)c(Br)cc1OCc1cccc(F)c1. The van der Waals surface area contributed by atoms with Crippen molar-refractivity contribution in [3.63, 3.8) is 0 Å². The van der Waals surface area contributed by atoms with Gasteiger partial charge in [-0.05, 0) is 60.5 Å². The molecule has 0 radical (unpaired) electrons. The van der Waals surface area contributed by atoms with E-state index in [-0.39, 0.29) is 23.8 Å². The maximum Gasteiger partial charge on any atom is 0.329 e. The van der Waals surface area contributed by atoms with Crippen LogP contribution in [0.25, 0.3) is 6.08 Å². The van der Waals surface area contributed by atoms with Gasteiger partial charge in [0.25, 0.3) is 5.91 Å². The van der Waals surface area contributed by atoms with Gasteiger partial charge in [0.15, 0.2) is 11.5 Å². The molecule has 3 aromatic rings. The molecule has 3 aromatic carbocycles. The van der Waals surface area contributed by atoms with Gasteiger partial charge >= 0.3 is 6.03 Å². The lowest BCUT2D eigenvalue weighted by molar-refractivity contribution is -0.127. The van der Waals surface area contributed by atoms with Crippen molar-refractivity contribution in [1.82, 2.24) is 10.2 Å². The predicted molar refractivity (Wildman–Crippen MR) is 139 cm³/mol. The Morgan fingerprint density at radius 3 is 2.55 bits per heavy atom. The summed E-state index contributed by atoms with van der Waals surface area (Å²) in [5.41, 5.74) is 0.999. The second-order valence-corrected chi connectivity index (χ2v) is 8.93. The van der Waals surface area contributed by atoms with Crippen molar-refractivity contribution in [2.45, 2.75) is 13.5 Å². The van der Waals surface area contributed by atoms with Crippen LogP contribution in [0.2, 0.25) is 0 Å². The number of para-hydroxylation sites is 1. The molecule has 0 aromatic heterocycles. The van der Waals surface area contributed by atoms with E-state index in [0.717, 1.165) is 4.90 Å². The maximum absolute atomic E-state index is 13.8. The summed E-state index contributed by atoms with van der Waals surface area (Å²) in [5, 5.41) is 4.78. The van der Waals surface area contributed by atoms with Gasteiger partial charge in [-0.15, -0.1) is 0 Å². The number of hydrogen-bond acceptors (Lipinski definition) is 5. The fourth-order valence-corrected chi connectivity index (χ4v) is 4.03. The van der Waals surface area contributed by atoms with Crippen LogP contribution >= 0.6 is 15.9 Å². The molecule has 0 aliphatic carbocycles. The first-order valence-corrected chi connectivity index (χ1v) is 12.3. The molecular formula is C27H22BrF2N3O5. The number of imide groups is 1. The van der Waals surface area contributed by atoms with E-state index in [1.54, 1.807) is 37.3 Å². The molecule has 1 saturated heterocycles. The number of benzene rings is 3. The standard InChI is InChI=1S/C27H22BrF2N3O5/c1-2-37-23-12-17(19(28)13-24(23)38-15-16-6-5-7-18(29)10-16)11-22-26(35)33(27(36)32-22)14-25(34)31-21-9-4-3-8-20(21)30/h3-13H,2,14-15H2,1H3,(H,31,34)(H,32,36)/b22-11+. The molecule has 38 heavy (non-hydrogen) atoms.